The number of hydrogen-bond donors (Lipinski definition) is 3. The Bertz CT molecular complexity index is 1310. The van der Waals surface area contributed by atoms with E-state index in [9.17, 15) is 13.2 Å². The number of rotatable bonds is 9. The van der Waals surface area contributed by atoms with Crippen molar-refractivity contribution in [3.05, 3.63) is 89.5 Å². The van der Waals surface area contributed by atoms with Crippen molar-refractivity contribution in [2.75, 3.05) is 19.0 Å². The molecule has 0 heterocycles. The molecular weight excluding hydrogens is 515 g/mol. The van der Waals surface area contributed by atoms with E-state index in [-0.39, 0.29) is 11.6 Å². The third-order valence-corrected chi connectivity index (χ3v) is 5.21. The summed E-state index contributed by atoms with van der Waals surface area (Å²) >= 11 is 5.29. The fraction of sp³-hybridized carbons (Fsp3) is 0.154. The van der Waals surface area contributed by atoms with Gasteiger partial charge in [-0.25, -0.2) is 9.98 Å². The minimum atomic E-state index is -4.75. The Morgan fingerprint density at radius 3 is 2.37 bits per heavy atom. The SMILES string of the molecule is CN(C)c1ccccc1CNC(=S)N/N=C/c1ccc(C(N)=NC=Nc2ccc(OC(F)(F)F)cc2)cc1. The molecule has 38 heavy (non-hydrogen) atoms. The van der Waals surface area contributed by atoms with Crippen LogP contribution in [0.2, 0.25) is 0 Å². The van der Waals surface area contributed by atoms with Gasteiger partial charge in [-0.3, -0.25) is 5.43 Å². The van der Waals surface area contributed by atoms with Crippen molar-refractivity contribution in [3.63, 3.8) is 0 Å². The maximum atomic E-state index is 12.2. The number of nitrogens with two attached hydrogens (primary N) is 1. The average molecular weight is 542 g/mol. The molecule has 0 amide bonds. The fourth-order valence-corrected chi connectivity index (χ4v) is 3.31. The molecule has 0 aliphatic rings. The van der Waals surface area contributed by atoms with Crippen LogP contribution in [0.3, 0.4) is 0 Å². The zero-order chi connectivity index (χ0) is 27.5. The van der Waals surface area contributed by atoms with Gasteiger partial charge in [-0.1, -0.05) is 42.5 Å². The predicted molar refractivity (Wildman–Crippen MR) is 149 cm³/mol. The number of amidine groups is 1. The molecular formula is C26H26F3N7OS. The van der Waals surface area contributed by atoms with Gasteiger partial charge in [0.15, 0.2) is 5.11 Å². The van der Waals surface area contributed by atoms with Crippen LogP contribution in [-0.4, -0.2) is 44.0 Å². The molecule has 0 aromatic heterocycles. The zero-order valence-corrected chi connectivity index (χ0v) is 21.4. The average Bonchev–Trinajstić information content (AvgIpc) is 2.88. The second kappa shape index (κ2) is 13.2. The molecule has 0 atom stereocenters. The summed E-state index contributed by atoms with van der Waals surface area (Å²) < 4.78 is 40.5. The molecule has 3 aromatic carbocycles. The first-order chi connectivity index (χ1) is 18.1. The first kappa shape index (κ1) is 28.1. The van der Waals surface area contributed by atoms with E-state index in [4.69, 9.17) is 18.0 Å². The van der Waals surface area contributed by atoms with Crippen molar-refractivity contribution in [2.24, 2.45) is 20.8 Å². The second-order valence-electron chi connectivity index (χ2n) is 8.00. The quantitative estimate of drug-likeness (QED) is 0.157. The highest BCUT2D eigenvalue weighted by molar-refractivity contribution is 7.80. The maximum absolute atomic E-state index is 12.2. The van der Waals surface area contributed by atoms with Crippen molar-refractivity contribution >= 4 is 47.1 Å². The number of benzene rings is 3. The van der Waals surface area contributed by atoms with Crippen LogP contribution in [0.5, 0.6) is 5.75 Å². The number of anilines is 1. The third-order valence-electron chi connectivity index (χ3n) is 4.97. The number of aliphatic imine (C=N–C) groups is 2. The lowest BCUT2D eigenvalue weighted by atomic mass is 10.1. The molecule has 0 radical (unpaired) electrons. The van der Waals surface area contributed by atoms with Gasteiger partial charge in [-0.2, -0.15) is 5.10 Å². The lowest BCUT2D eigenvalue weighted by Gasteiger charge is -2.17. The smallest absolute Gasteiger partial charge is 0.406 e. The van der Waals surface area contributed by atoms with E-state index in [0.29, 0.717) is 22.9 Å². The second-order valence-corrected chi connectivity index (χ2v) is 8.41. The molecule has 0 aliphatic carbocycles. The number of hydrazone groups is 1. The summed E-state index contributed by atoms with van der Waals surface area (Å²) in [5.41, 5.74) is 12.9. The van der Waals surface area contributed by atoms with E-state index in [1.807, 2.05) is 55.4 Å². The Hall–Kier alpha value is -4.45. The van der Waals surface area contributed by atoms with Gasteiger partial charge in [0, 0.05) is 31.9 Å². The Morgan fingerprint density at radius 1 is 1.03 bits per heavy atom. The molecule has 8 nitrogen and oxygen atoms in total. The first-order valence-corrected chi connectivity index (χ1v) is 11.7. The molecule has 0 aliphatic heterocycles. The first-order valence-electron chi connectivity index (χ1n) is 11.2. The van der Waals surface area contributed by atoms with Crippen LogP contribution in [0.4, 0.5) is 24.5 Å². The fourth-order valence-electron chi connectivity index (χ4n) is 3.18. The molecule has 12 heteroatoms. The van der Waals surface area contributed by atoms with Crippen molar-refractivity contribution in [1.82, 2.24) is 10.7 Å². The van der Waals surface area contributed by atoms with Crippen LogP contribution >= 0.6 is 12.2 Å². The maximum Gasteiger partial charge on any atom is 0.573 e. The lowest BCUT2D eigenvalue weighted by Crippen LogP contribution is -2.32. The minimum absolute atomic E-state index is 0.218. The van der Waals surface area contributed by atoms with Gasteiger partial charge in [-0.05, 0) is 53.7 Å². The molecule has 4 N–H and O–H groups in total. The zero-order valence-electron chi connectivity index (χ0n) is 20.6. The van der Waals surface area contributed by atoms with Gasteiger partial charge in [-0.15, -0.1) is 13.2 Å². The van der Waals surface area contributed by atoms with E-state index in [1.165, 1.54) is 18.5 Å². The number of hydrogen-bond acceptors (Lipinski definition) is 5. The Balaban J connectivity index is 1.48. The number of nitrogens with zero attached hydrogens (tertiary/aromatic N) is 4. The van der Waals surface area contributed by atoms with Crippen molar-refractivity contribution in [3.8, 4) is 5.75 Å². The van der Waals surface area contributed by atoms with E-state index < -0.39 is 6.36 Å². The third kappa shape index (κ3) is 9.21. The van der Waals surface area contributed by atoms with E-state index >= 15 is 0 Å². The van der Waals surface area contributed by atoms with Crippen molar-refractivity contribution in [1.29, 1.82) is 0 Å². The summed E-state index contributed by atoms with van der Waals surface area (Å²) in [5, 5.41) is 7.68. The number of halogens is 3. The Kier molecular flexibility index (Phi) is 9.77. The van der Waals surface area contributed by atoms with Gasteiger partial charge in [0.25, 0.3) is 0 Å². The molecule has 198 valence electrons. The monoisotopic (exact) mass is 541 g/mol. The standard InChI is InChI=1S/C26H26F3N7OS/c1-36(2)23-6-4-3-5-20(23)16-31-25(38)35-34-15-18-7-9-19(10-8-18)24(30)33-17-32-21-11-13-22(14-12-21)37-26(27,28)29/h3-15,17H,16H2,1-2H3,(H2,30,32,33)(H2,31,35,38)/b34-15+. The van der Waals surface area contributed by atoms with Gasteiger partial charge in [0.05, 0.1) is 11.9 Å². The molecule has 0 bridgehead atoms. The van der Waals surface area contributed by atoms with Gasteiger partial charge >= 0.3 is 6.36 Å². The van der Waals surface area contributed by atoms with Crippen LogP contribution in [-0.2, 0) is 6.54 Å². The number of thiocarbonyl (C=S) groups is 1. The summed E-state index contributed by atoms with van der Waals surface area (Å²) in [6, 6.07) is 20.3. The Morgan fingerprint density at radius 2 is 1.71 bits per heavy atom. The van der Waals surface area contributed by atoms with E-state index in [1.54, 1.807) is 18.3 Å². The number of para-hydroxylation sites is 1. The number of alkyl halides is 3. The molecule has 0 spiro atoms. The van der Waals surface area contributed by atoms with E-state index in [2.05, 4.69) is 30.6 Å². The summed E-state index contributed by atoms with van der Waals surface area (Å²) in [6.45, 7) is 0.560. The number of nitrogens with one attached hydrogen (secondary N) is 2. The molecule has 3 aromatic rings. The molecule has 0 saturated carbocycles. The summed E-state index contributed by atoms with van der Waals surface area (Å²) in [7, 11) is 3.97. The van der Waals surface area contributed by atoms with Gasteiger partial charge < -0.3 is 20.7 Å². The summed E-state index contributed by atoms with van der Waals surface area (Å²) in [5.74, 6) is -0.113. The molecule has 0 unspecified atom stereocenters. The summed E-state index contributed by atoms with van der Waals surface area (Å²) in [6.07, 6.45) is -1.91. The van der Waals surface area contributed by atoms with Crippen LogP contribution in [0, 0.1) is 0 Å². The normalized spacial score (nSPS) is 12.1. The predicted octanol–water partition coefficient (Wildman–Crippen LogP) is 4.71. The van der Waals surface area contributed by atoms with Crippen molar-refractivity contribution < 1.29 is 17.9 Å². The molecule has 0 saturated heterocycles. The molecule has 0 fully saturated rings. The summed E-state index contributed by atoms with van der Waals surface area (Å²) in [4.78, 5) is 10.2. The highest BCUT2D eigenvalue weighted by atomic mass is 32.1. The minimum Gasteiger partial charge on any atom is -0.406 e. The van der Waals surface area contributed by atoms with Gasteiger partial charge in [0.2, 0.25) is 0 Å². The Labute approximate surface area is 223 Å². The number of ether oxygens (including phenoxy) is 1. The van der Waals surface area contributed by atoms with Crippen LogP contribution in [0.1, 0.15) is 16.7 Å². The highest BCUT2D eigenvalue weighted by Crippen LogP contribution is 2.24. The van der Waals surface area contributed by atoms with E-state index in [0.717, 1.165) is 28.9 Å². The topological polar surface area (TPSA) is 99.6 Å². The molecule has 3 rings (SSSR count). The van der Waals surface area contributed by atoms with Gasteiger partial charge in [0.1, 0.15) is 17.9 Å². The van der Waals surface area contributed by atoms with Crippen LogP contribution < -0.4 is 26.1 Å². The van der Waals surface area contributed by atoms with Crippen LogP contribution in [0.25, 0.3) is 0 Å². The van der Waals surface area contributed by atoms with Crippen molar-refractivity contribution in [2.45, 2.75) is 12.9 Å². The lowest BCUT2D eigenvalue weighted by molar-refractivity contribution is -0.274. The highest BCUT2D eigenvalue weighted by Gasteiger charge is 2.30. The largest absolute Gasteiger partial charge is 0.573 e. The van der Waals surface area contributed by atoms with Crippen LogP contribution in [0.15, 0.2) is 87.9 Å².